The molecule has 1 N–H and O–H groups in total. The van der Waals surface area contributed by atoms with Gasteiger partial charge in [0.15, 0.2) is 0 Å². The topological polar surface area (TPSA) is 50.7 Å². The second-order valence-electron chi connectivity index (χ2n) is 2.74. The van der Waals surface area contributed by atoms with Gasteiger partial charge in [0, 0.05) is 4.47 Å². The molecule has 1 aromatic carbocycles. The van der Waals surface area contributed by atoms with E-state index in [1.165, 1.54) is 0 Å². The summed E-state index contributed by atoms with van der Waals surface area (Å²) in [5, 5.41) is 3.45. The summed E-state index contributed by atoms with van der Waals surface area (Å²) >= 11 is 8.90. The van der Waals surface area contributed by atoms with E-state index in [1.54, 1.807) is 19.1 Å². The van der Waals surface area contributed by atoms with Crippen LogP contribution in [0.4, 0.5) is 5.69 Å². The van der Waals surface area contributed by atoms with Crippen LogP contribution in [0.3, 0.4) is 0 Å². The molecule has 0 aliphatic rings. The SMILES string of the molecule is CCOC(=O)C(Cl)=NNc1ccc(Br)cc1. The molecule has 0 spiro atoms. The fraction of sp³-hybridized carbons (Fsp3) is 0.200. The number of carbonyl (C=O) groups excluding carboxylic acids is 1. The third kappa shape index (κ3) is 4.20. The second kappa shape index (κ2) is 6.50. The van der Waals surface area contributed by atoms with Gasteiger partial charge in [-0.2, -0.15) is 5.10 Å². The Labute approximate surface area is 107 Å². The van der Waals surface area contributed by atoms with E-state index in [-0.39, 0.29) is 11.8 Å². The summed E-state index contributed by atoms with van der Waals surface area (Å²) in [6.07, 6.45) is 0. The normalized spacial score (nSPS) is 11.1. The Kier molecular flexibility index (Phi) is 5.28. The predicted molar refractivity (Wildman–Crippen MR) is 67.7 cm³/mol. The predicted octanol–water partition coefficient (Wildman–Crippen LogP) is 2.98. The molecule has 0 bridgehead atoms. The van der Waals surface area contributed by atoms with Gasteiger partial charge in [-0.15, -0.1) is 0 Å². The lowest BCUT2D eigenvalue weighted by Crippen LogP contribution is -2.13. The van der Waals surface area contributed by atoms with Crippen LogP contribution in [0.15, 0.2) is 33.8 Å². The van der Waals surface area contributed by atoms with Crippen LogP contribution in [0.2, 0.25) is 0 Å². The van der Waals surface area contributed by atoms with Crippen LogP contribution in [0.5, 0.6) is 0 Å². The van der Waals surface area contributed by atoms with Gasteiger partial charge < -0.3 is 4.74 Å². The molecule has 0 saturated carbocycles. The molecule has 0 amide bonds. The molecule has 0 heterocycles. The van der Waals surface area contributed by atoms with Gasteiger partial charge in [0.05, 0.1) is 12.3 Å². The van der Waals surface area contributed by atoms with E-state index in [9.17, 15) is 4.79 Å². The Morgan fingerprint density at radius 3 is 2.69 bits per heavy atom. The number of nitrogens with zero attached hydrogens (tertiary/aromatic N) is 1. The van der Waals surface area contributed by atoms with E-state index in [2.05, 4.69) is 31.2 Å². The second-order valence-corrected chi connectivity index (χ2v) is 4.02. The molecule has 0 aromatic heterocycles. The minimum absolute atomic E-state index is 0.232. The molecule has 4 nitrogen and oxygen atoms in total. The lowest BCUT2D eigenvalue weighted by atomic mass is 10.3. The summed E-state index contributed by atoms with van der Waals surface area (Å²) in [6.45, 7) is 1.97. The maximum Gasteiger partial charge on any atom is 0.370 e. The zero-order chi connectivity index (χ0) is 12.0. The average Bonchev–Trinajstić information content (AvgIpc) is 2.28. The number of hydrazone groups is 1. The summed E-state index contributed by atoms with van der Waals surface area (Å²) in [4.78, 5) is 11.1. The first-order valence-corrected chi connectivity index (χ1v) is 5.72. The third-order valence-electron chi connectivity index (χ3n) is 1.57. The van der Waals surface area contributed by atoms with Crippen LogP contribution in [0.1, 0.15) is 6.92 Å². The number of ether oxygens (including phenoxy) is 1. The van der Waals surface area contributed by atoms with Crippen molar-refractivity contribution in [1.29, 1.82) is 0 Å². The first-order chi connectivity index (χ1) is 7.63. The molecule has 1 rings (SSSR count). The Balaban J connectivity index is 2.58. The molecule has 0 radical (unpaired) electrons. The van der Waals surface area contributed by atoms with Gasteiger partial charge in [0.2, 0.25) is 5.17 Å². The van der Waals surface area contributed by atoms with Crippen molar-refractivity contribution in [1.82, 2.24) is 0 Å². The van der Waals surface area contributed by atoms with Crippen molar-refractivity contribution in [3.63, 3.8) is 0 Å². The number of anilines is 1. The van der Waals surface area contributed by atoms with Gasteiger partial charge in [-0.1, -0.05) is 27.5 Å². The molecule has 0 aliphatic heterocycles. The Hall–Kier alpha value is -1.07. The van der Waals surface area contributed by atoms with E-state index in [0.717, 1.165) is 10.2 Å². The first kappa shape index (κ1) is 13.0. The van der Waals surface area contributed by atoms with Gasteiger partial charge in [-0.05, 0) is 31.2 Å². The van der Waals surface area contributed by atoms with Crippen LogP contribution >= 0.6 is 27.5 Å². The standard InChI is InChI=1S/C10H10BrClN2O2/c1-2-16-10(15)9(12)14-13-8-5-3-7(11)4-6-8/h3-6,13H,2H2,1H3. The molecule has 1 aromatic rings. The maximum absolute atomic E-state index is 11.1. The number of hydrogen-bond donors (Lipinski definition) is 1. The highest BCUT2D eigenvalue weighted by atomic mass is 79.9. The largest absolute Gasteiger partial charge is 0.461 e. The summed E-state index contributed by atoms with van der Waals surface area (Å²) in [7, 11) is 0. The van der Waals surface area contributed by atoms with Crippen LogP contribution in [0.25, 0.3) is 0 Å². The number of halogens is 2. The van der Waals surface area contributed by atoms with Gasteiger partial charge >= 0.3 is 5.97 Å². The molecule has 0 atom stereocenters. The minimum atomic E-state index is -0.645. The molecule has 0 fully saturated rings. The molecule has 6 heteroatoms. The summed E-state index contributed by atoms with van der Waals surface area (Å²) in [5.74, 6) is -0.645. The number of rotatable bonds is 4. The molecule has 0 unspecified atom stereocenters. The number of nitrogens with one attached hydrogen (secondary N) is 1. The minimum Gasteiger partial charge on any atom is -0.461 e. The maximum atomic E-state index is 11.1. The van der Waals surface area contributed by atoms with Crippen molar-refractivity contribution < 1.29 is 9.53 Å². The van der Waals surface area contributed by atoms with Gasteiger partial charge in [0.25, 0.3) is 0 Å². The van der Waals surface area contributed by atoms with Crippen molar-refractivity contribution in [3.8, 4) is 0 Å². The lowest BCUT2D eigenvalue weighted by Gasteiger charge is -2.01. The highest BCUT2D eigenvalue weighted by Crippen LogP contribution is 2.14. The fourth-order valence-corrected chi connectivity index (χ4v) is 1.24. The van der Waals surface area contributed by atoms with E-state index >= 15 is 0 Å². The number of esters is 1. The number of hydrogen-bond acceptors (Lipinski definition) is 4. The van der Waals surface area contributed by atoms with Crippen molar-refractivity contribution >= 4 is 44.4 Å². The zero-order valence-electron chi connectivity index (χ0n) is 8.54. The van der Waals surface area contributed by atoms with Crippen molar-refractivity contribution in [3.05, 3.63) is 28.7 Å². The average molecular weight is 306 g/mol. The van der Waals surface area contributed by atoms with Gasteiger partial charge in [0.1, 0.15) is 0 Å². The smallest absolute Gasteiger partial charge is 0.370 e. The Morgan fingerprint density at radius 1 is 1.50 bits per heavy atom. The van der Waals surface area contributed by atoms with Crippen LogP contribution in [-0.4, -0.2) is 17.7 Å². The van der Waals surface area contributed by atoms with Crippen molar-refractivity contribution in [2.45, 2.75) is 6.92 Å². The molecular weight excluding hydrogens is 295 g/mol. The van der Waals surface area contributed by atoms with E-state index in [1.807, 2.05) is 12.1 Å². The lowest BCUT2D eigenvalue weighted by molar-refractivity contribution is -0.134. The van der Waals surface area contributed by atoms with Crippen LogP contribution < -0.4 is 5.43 Å². The highest BCUT2D eigenvalue weighted by molar-refractivity contribution is 9.10. The molecule has 0 aliphatic carbocycles. The molecule has 16 heavy (non-hydrogen) atoms. The summed E-state index contributed by atoms with van der Waals surface area (Å²) in [5.41, 5.74) is 3.37. The van der Waals surface area contributed by atoms with Crippen LogP contribution in [0, 0.1) is 0 Å². The zero-order valence-corrected chi connectivity index (χ0v) is 10.9. The van der Waals surface area contributed by atoms with Gasteiger partial charge in [-0.25, -0.2) is 4.79 Å². The first-order valence-electron chi connectivity index (χ1n) is 4.55. The Morgan fingerprint density at radius 2 is 2.12 bits per heavy atom. The van der Waals surface area contributed by atoms with Crippen molar-refractivity contribution in [2.75, 3.05) is 12.0 Å². The number of carbonyl (C=O) groups is 1. The molecule has 86 valence electrons. The quantitative estimate of drug-likeness (QED) is 0.528. The molecular formula is C10H10BrClN2O2. The van der Waals surface area contributed by atoms with E-state index in [0.29, 0.717) is 0 Å². The van der Waals surface area contributed by atoms with E-state index < -0.39 is 5.97 Å². The third-order valence-corrected chi connectivity index (χ3v) is 2.34. The van der Waals surface area contributed by atoms with E-state index in [4.69, 9.17) is 11.6 Å². The fourth-order valence-electron chi connectivity index (χ4n) is 0.874. The monoisotopic (exact) mass is 304 g/mol. The molecule has 0 saturated heterocycles. The van der Waals surface area contributed by atoms with Gasteiger partial charge in [-0.3, -0.25) is 5.43 Å². The van der Waals surface area contributed by atoms with Crippen LogP contribution in [-0.2, 0) is 9.53 Å². The van der Waals surface area contributed by atoms with Crippen molar-refractivity contribution in [2.24, 2.45) is 5.10 Å². The summed E-state index contributed by atoms with van der Waals surface area (Å²) < 4.78 is 5.62. The summed E-state index contributed by atoms with van der Waals surface area (Å²) in [6, 6.07) is 7.28. The Bertz CT molecular complexity index is 392. The highest BCUT2D eigenvalue weighted by Gasteiger charge is 2.08. The number of benzene rings is 1.